The number of hydrogen-bond donors (Lipinski definition) is 3. The third kappa shape index (κ3) is 4.19. The molecule has 1 aliphatic rings. The van der Waals surface area contributed by atoms with Gasteiger partial charge in [0.25, 0.3) is 5.91 Å². The van der Waals surface area contributed by atoms with Crippen molar-refractivity contribution in [1.82, 2.24) is 10.3 Å². The maximum absolute atomic E-state index is 12.9. The van der Waals surface area contributed by atoms with Crippen LogP contribution in [-0.4, -0.2) is 57.2 Å². The van der Waals surface area contributed by atoms with Crippen LogP contribution in [0.1, 0.15) is 31.9 Å². The smallest absolute Gasteiger partial charge is 0.305 e. The fraction of sp³-hybridized carbons (Fsp3) is 0.400. The van der Waals surface area contributed by atoms with Crippen LogP contribution in [0.15, 0.2) is 41.7 Å². The van der Waals surface area contributed by atoms with Crippen molar-refractivity contribution >= 4 is 28.4 Å². The second kappa shape index (κ2) is 8.52. The Kier molecular flexibility index (Phi) is 6.07. The van der Waals surface area contributed by atoms with E-state index in [1.54, 1.807) is 13.1 Å². The first kappa shape index (κ1) is 20.7. The summed E-state index contributed by atoms with van der Waals surface area (Å²) >= 11 is 0. The molecular formula is C20H22FN3O5. The van der Waals surface area contributed by atoms with Crippen molar-refractivity contribution < 1.29 is 29.0 Å². The number of hydrogen-bond acceptors (Lipinski definition) is 6. The predicted molar refractivity (Wildman–Crippen MR) is 103 cm³/mol. The average Bonchev–Trinajstić information content (AvgIpc) is 3.17. The molecule has 3 atom stereocenters. The highest BCUT2D eigenvalue weighted by Gasteiger charge is 2.47. The van der Waals surface area contributed by atoms with E-state index in [4.69, 9.17) is 9.94 Å². The van der Waals surface area contributed by atoms with Gasteiger partial charge in [0.05, 0.1) is 18.2 Å². The van der Waals surface area contributed by atoms with Gasteiger partial charge in [-0.3, -0.25) is 14.6 Å². The molecule has 8 nitrogen and oxygen atoms in total. The fourth-order valence-electron chi connectivity index (χ4n) is 3.30. The molecule has 3 unspecified atom stereocenters. The Hall–Kier alpha value is -3.07. The number of nitrogens with one attached hydrogen (secondary N) is 1. The van der Waals surface area contributed by atoms with E-state index in [1.807, 2.05) is 30.3 Å². The first-order valence-electron chi connectivity index (χ1n) is 9.26. The minimum absolute atomic E-state index is 0.113. The monoisotopic (exact) mass is 403 g/mol. The summed E-state index contributed by atoms with van der Waals surface area (Å²) in [6.07, 6.45) is -0.253. The molecule has 154 valence electrons. The van der Waals surface area contributed by atoms with Crippen LogP contribution in [0, 0.1) is 0 Å². The molecule has 9 heteroatoms. The van der Waals surface area contributed by atoms with Crippen molar-refractivity contribution in [3.8, 4) is 0 Å². The van der Waals surface area contributed by atoms with Gasteiger partial charge >= 0.3 is 5.97 Å². The number of fused-ring (bicyclic) bond motifs is 1. The molecule has 0 bridgehead atoms. The van der Waals surface area contributed by atoms with Gasteiger partial charge < -0.3 is 20.4 Å². The van der Waals surface area contributed by atoms with Crippen molar-refractivity contribution in [3.63, 3.8) is 0 Å². The van der Waals surface area contributed by atoms with Crippen LogP contribution in [0.25, 0.3) is 10.8 Å². The van der Waals surface area contributed by atoms with Gasteiger partial charge in [-0.05, 0) is 17.9 Å². The van der Waals surface area contributed by atoms with Crippen LogP contribution in [0.3, 0.4) is 0 Å². The second-order valence-corrected chi connectivity index (χ2v) is 6.93. The summed E-state index contributed by atoms with van der Waals surface area (Å²) in [5, 5.41) is 27.0. The van der Waals surface area contributed by atoms with Crippen LogP contribution in [0.5, 0.6) is 0 Å². The minimum Gasteiger partial charge on any atom is -0.481 e. The largest absolute Gasteiger partial charge is 0.481 e. The van der Waals surface area contributed by atoms with Gasteiger partial charge in [0.15, 0.2) is 0 Å². The number of rotatable bonds is 8. The lowest BCUT2D eigenvalue weighted by Gasteiger charge is -2.28. The van der Waals surface area contributed by atoms with Gasteiger partial charge in [0, 0.05) is 18.0 Å². The van der Waals surface area contributed by atoms with E-state index in [0.29, 0.717) is 11.4 Å². The third-order valence-electron chi connectivity index (χ3n) is 5.05. The molecule has 3 rings (SSSR count). The van der Waals surface area contributed by atoms with Gasteiger partial charge in [-0.1, -0.05) is 36.3 Å². The van der Waals surface area contributed by atoms with E-state index in [9.17, 15) is 19.1 Å². The number of oxime groups is 1. The quantitative estimate of drug-likeness (QED) is 0.618. The van der Waals surface area contributed by atoms with Crippen LogP contribution in [-0.2, 0) is 14.4 Å². The molecule has 1 amide bonds. The molecule has 0 radical (unpaired) electrons. The maximum atomic E-state index is 12.9. The standard InChI is InChI=1S/C20H22FN3O5/c1-2-20(19(28)23-14(9-17(26)27)16(25)11-21)10-15(24-29-20)18-13-6-4-3-5-12(13)7-8-22-18/h3-8,14,16,25H,2,9-11H2,1H3,(H,23,28)(H,26,27). The van der Waals surface area contributed by atoms with Crippen molar-refractivity contribution in [2.75, 3.05) is 6.67 Å². The summed E-state index contributed by atoms with van der Waals surface area (Å²) in [7, 11) is 0. The molecule has 0 saturated carbocycles. The molecular weight excluding hydrogens is 381 g/mol. The van der Waals surface area contributed by atoms with Gasteiger partial charge in [0.1, 0.15) is 18.5 Å². The van der Waals surface area contributed by atoms with E-state index < -0.39 is 42.7 Å². The van der Waals surface area contributed by atoms with Crippen molar-refractivity contribution in [2.45, 2.75) is 43.9 Å². The van der Waals surface area contributed by atoms with Crippen molar-refractivity contribution in [1.29, 1.82) is 0 Å². The number of carboxylic acids is 1. The SMILES string of the molecule is CCC1(C(=O)NC(CC(=O)O)C(O)CF)CC(c2nccc3ccccc23)=NO1. The van der Waals surface area contributed by atoms with Gasteiger partial charge in [-0.15, -0.1) is 0 Å². The predicted octanol–water partition coefficient (Wildman–Crippen LogP) is 1.80. The Morgan fingerprint density at radius 1 is 1.34 bits per heavy atom. The Morgan fingerprint density at radius 2 is 2.10 bits per heavy atom. The van der Waals surface area contributed by atoms with E-state index in [-0.39, 0.29) is 12.8 Å². The highest BCUT2D eigenvalue weighted by molar-refractivity contribution is 6.11. The first-order chi connectivity index (χ1) is 13.9. The Morgan fingerprint density at radius 3 is 2.79 bits per heavy atom. The zero-order valence-corrected chi connectivity index (χ0v) is 15.8. The van der Waals surface area contributed by atoms with E-state index in [2.05, 4.69) is 15.5 Å². The highest BCUT2D eigenvalue weighted by Crippen LogP contribution is 2.32. The Balaban J connectivity index is 1.82. The number of aromatic nitrogens is 1. The number of aliphatic carboxylic acids is 1. The third-order valence-corrected chi connectivity index (χ3v) is 5.05. The van der Waals surface area contributed by atoms with Gasteiger partial charge in [-0.2, -0.15) is 0 Å². The molecule has 0 aliphatic carbocycles. The molecule has 1 aromatic heterocycles. The zero-order valence-electron chi connectivity index (χ0n) is 15.8. The number of carbonyl (C=O) groups is 2. The number of halogens is 1. The maximum Gasteiger partial charge on any atom is 0.305 e. The lowest BCUT2D eigenvalue weighted by Crippen LogP contribution is -2.54. The first-order valence-corrected chi connectivity index (χ1v) is 9.26. The van der Waals surface area contributed by atoms with Crippen LogP contribution in [0.2, 0.25) is 0 Å². The van der Waals surface area contributed by atoms with Crippen molar-refractivity contribution in [2.24, 2.45) is 5.16 Å². The lowest BCUT2D eigenvalue weighted by molar-refractivity contribution is -0.147. The molecule has 2 aromatic rings. The number of nitrogens with zero attached hydrogens (tertiary/aromatic N) is 2. The molecule has 0 saturated heterocycles. The summed E-state index contributed by atoms with van der Waals surface area (Å²) in [4.78, 5) is 33.8. The Bertz CT molecular complexity index is 945. The topological polar surface area (TPSA) is 121 Å². The number of amides is 1. The number of carboxylic acid groups (broad SMARTS) is 1. The van der Waals surface area contributed by atoms with Crippen molar-refractivity contribution in [3.05, 3.63) is 42.2 Å². The summed E-state index contributed by atoms with van der Waals surface area (Å²) in [6.45, 7) is 0.548. The zero-order chi connectivity index (χ0) is 21.0. The summed E-state index contributed by atoms with van der Waals surface area (Å²) in [5.74, 6) is -1.92. The molecule has 1 aliphatic heterocycles. The lowest BCUT2D eigenvalue weighted by atomic mass is 9.90. The fourth-order valence-corrected chi connectivity index (χ4v) is 3.30. The minimum atomic E-state index is -1.63. The molecule has 29 heavy (non-hydrogen) atoms. The van der Waals surface area contributed by atoms with Gasteiger partial charge in [-0.25, -0.2) is 4.39 Å². The summed E-state index contributed by atoms with van der Waals surface area (Å²) < 4.78 is 12.9. The number of pyridine rings is 1. The van der Waals surface area contributed by atoms with Gasteiger partial charge in [0.2, 0.25) is 5.60 Å². The number of carbonyl (C=O) groups excluding carboxylic acids is 1. The molecule has 3 N–H and O–H groups in total. The molecule has 0 fully saturated rings. The summed E-state index contributed by atoms with van der Waals surface area (Å²) in [5.41, 5.74) is -0.308. The van der Waals surface area contributed by atoms with Crippen LogP contribution in [0.4, 0.5) is 4.39 Å². The number of alkyl halides is 1. The van der Waals surface area contributed by atoms with E-state index in [0.717, 1.165) is 10.8 Å². The van der Waals surface area contributed by atoms with E-state index in [1.165, 1.54) is 0 Å². The average molecular weight is 403 g/mol. The Labute approximate surface area is 166 Å². The van der Waals surface area contributed by atoms with E-state index >= 15 is 0 Å². The highest BCUT2D eigenvalue weighted by atomic mass is 19.1. The number of aliphatic hydroxyl groups is 1. The van der Waals surface area contributed by atoms with Crippen LogP contribution < -0.4 is 5.32 Å². The summed E-state index contributed by atoms with van der Waals surface area (Å²) in [6, 6.07) is 8.19. The second-order valence-electron chi connectivity index (χ2n) is 6.93. The molecule has 1 aromatic carbocycles. The number of aliphatic hydroxyl groups excluding tert-OH is 1. The number of benzene rings is 1. The normalized spacial score (nSPS) is 20.6. The van der Waals surface area contributed by atoms with Crippen LogP contribution >= 0.6 is 0 Å². The molecule has 0 spiro atoms. The molecule has 2 heterocycles.